The summed E-state index contributed by atoms with van der Waals surface area (Å²) in [6.07, 6.45) is 0. The van der Waals surface area contributed by atoms with Gasteiger partial charge in [0, 0.05) is 15.8 Å². The maximum absolute atomic E-state index is 2.91. The van der Waals surface area contributed by atoms with Crippen LogP contribution in [0.5, 0.6) is 0 Å². The number of halogens is 1. The molecule has 2 rings (SSSR count). The average Bonchev–Trinajstić information content (AvgIpc) is 2.51. The Labute approximate surface area is 151 Å². The van der Waals surface area contributed by atoms with Crippen molar-refractivity contribution in [2.45, 2.75) is 0 Å². The first-order valence-electron chi connectivity index (χ1n) is 6.44. The van der Waals surface area contributed by atoms with Crippen molar-refractivity contribution in [1.29, 1.82) is 0 Å². The average molecular weight is 568 g/mol. The summed E-state index contributed by atoms with van der Waals surface area (Å²) < 4.78 is 0. The Morgan fingerprint density at radius 3 is 1.00 bits per heavy atom. The Kier molecular flexibility index (Phi) is 17.4. The van der Waals surface area contributed by atoms with E-state index in [2.05, 4.69) is 101 Å². The van der Waals surface area contributed by atoms with Gasteiger partial charge in [0.05, 0.1) is 37.3 Å². The third-order valence-electron chi connectivity index (χ3n) is 2.70. The van der Waals surface area contributed by atoms with E-state index in [9.17, 15) is 0 Å². The second-order valence-corrected chi connectivity index (χ2v) is 9.89. The smallest absolute Gasteiger partial charge is 0.358 e. The molecule has 0 bridgehead atoms. The zero-order valence-electron chi connectivity index (χ0n) is 13.5. The third-order valence-corrected chi connectivity index (χ3v) is 5.68. The van der Waals surface area contributed by atoms with E-state index in [1.165, 1.54) is 10.6 Å². The van der Waals surface area contributed by atoms with Gasteiger partial charge in [-0.3, -0.25) is 0 Å². The van der Waals surface area contributed by atoms with Crippen LogP contribution in [0.2, 0.25) is 0 Å². The predicted octanol–water partition coefficient (Wildman–Crippen LogP) is 4.86. The summed E-state index contributed by atoms with van der Waals surface area (Å²) in [4.78, 5) is 0. The molecular weight excluding hydrogens is 541 g/mol. The Morgan fingerprint density at radius 2 is 0.857 bits per heavy atom. The van der Waals surface area contributed by atoms with Gasteiger partial charge in [-0.2, -0.15) is 0 Å². The van der Waals surface area contributed by atoms with Crippen LogP contribution in [0.1, 0.15) is 0 Å². The summed E-state index contributed by atoms with van der Waals surface area (Å²) in [5.74, 6) is 0. The molecule has 120 valence electrons. The zero-order chi connectivity index (χ0) is 15.4. The second kappa shape index (κ2) is 15.4. The summed E-state index contributed by atoms with van der Waals surface area (Å²) in [6.45, 7) is 9.22. The Balaban J connectivity index is 0. The summed E-state index contributed by atoms with van der Waals surface area (Å²) >= 11 is 4.86. The first kappa shape index (κ1) is 23.7. The number of rotatable bonds is 2. The molecule has 2 aromatic rings. The van der Waals surface area contributed by atoms with E-state index >= 15 is 0 Å². The first-order chi connectivity index (χ1) is 9.61. The summed E-state index contributed by atoms with van der Waals surface area (Å²) in [5.41, 5.74) is 0. The van der Waals surface area contributed by atoms with E-state index in [1.807, 2.05) is 17.8 Å². The van der Waals surface area contributed by atoms with Crippen LogP contribution >= 0.6 is 29.1 Å². The minimum atomic E-state index is -0.212. The van der Waals surface area contributed by atoms with E-state index < -0.39 is 0 Å². The maximum atomic E-state index is 2.91. The molecule has 0 N–H and O–H groups in total. The zero-order valence-corrected chi connectivity index (χ0v) is 19.3. The Bertz CT molecular complexity index is 390. The van der Waals surface area contributed by atoms with E-state index in [0.29, 0.717) is 0 Å². The van der Waals surface area contributed by atoms with Gasteiger partial charge in [0.2, 0.25) is 0 Å². The molecule has 2 aromatic carbocycles. The van der Waals surface area contributed by atoms with Crippen molar-refractivity contribution in [2.24, 2.45) is 0 Å². The van der Waals surface area contributed by atoms with Crippen LogP contribution in [-0.2, 0) is 17.8 Å². The van der Waals surface area contributed by atoms with Gasteiger partial charge in [0.15, 0.2) is 0 Å². The molecular formula is C17H27BrP2Pt+2. The fourth-order valence-corrected chi connectivity index (χ4v) is 3.26. The van der Waals surface area contributed by atoms with Gasteiger partial charge < -0.3 is 7.43 Å². The van der Waals surface area contributed by atoms with Gasteiger partial charge in [0.25, 0.3) is 0 Å². The fraction of sp³-hybridized carbons (Fsp3) is 0.235. The van der Waals surface area contributed by atoms with Gasteiger partial charge in [-0.25, -0.2) is 0 Å². The minimum absolute atomic E-state index is 0. The largest absolute Gasteiger partial charge is 0.358 e. The van der Waals surface area contributed by atoms with Crippen LogP contribution in [0.3, 0.4) is 0 Å². The van der Waals surface area contributed by atoms with E-state index in [1.54, 1.807) is 0 Å². The van der Waals surface area contributed by atoms with Crippen LogP contribution in [0.25, 0.3) is 0 Å². The van der Waals surface area contributed by atoms with Crippen molar-refractivity contribution in [1.82, 2.24) is 0 Å². The molecule has 0 heterocycles. The van der Waals surface area contributed by atoms with Crippen LogP contribution in [0, 0.1) is 7.43 Å². The fourth-order valence-electron chi connectivity index (χ4n) is 1.54. The molecule has 21 heavy (non-hydrogen) atoms. The number of hydrogen-bond donors (Lipinski definition) is 0. The molecule has 0 saturated carbocycles. The molecule has 0 amide bonds. The van der Waals surface area contributed by atoms with Crippen LogP contribution < -0.4 is 10.6 Å². The minimum Gasteiger partial charge on any atom is -0.358 e. The van der Waals surface area contributed by atoms with Gasteiger partial charge in [0.1, 0.15) is 0 Å². The van der Waals surface area contributed by atoms with E-state index in [-0.39, 0.29) is 23.3 Å². The van der Waals surface area contributed by atoms with E-state index in [4.69, 9.17) is 0 Å². The first-order valence-corrected chi connectivity index (χ1v) is 16.4. The molecule has 0 saturated heterocycles. The molecule has 0 aliphatic carbocycles. The van der Waals surface area contributed by atoms with Gasteiger partial charge in [-0.15, -0.1) is 0 Å². The molecule has 0 aliphatic rings. The maximum Gasteiger partial charge on any atom is -0.358 e. The van der Waals surface area contributed by atoms with Crippen molar-refractivity contribution >= 4 is 39.7 Å². The molecule has 4 heteroatoms. The van der Waals surface area contributed by atoms with Crippen molar-refractivity contribution in [3.63, 3.8) is 0 Å². The monoisotopic (exact) mass is 567 g/mol. The summed E-state index contributed by atoms with van der Waals surface area (Å²) in [5, 5.41) is 3.03. The molecule has 0 radical (unpaired) electrons. The van der Waals surface area contributed by atoms with Crippen LogP contribution in [0.15, 0.2) is 60.7 Å². The van der Waals surface area contributed by atoms with Crippen molar-refractivity contribution in [3.05, 3.63) is 68.1 Å². The van der Waals surface area contributed by atoms with Crippen LogP contribution in [-0.4, -0.2) is 26.7 Å². The van der Waals surface area contributed by atoms with Crippen molar-refractivity contribution in [3.8, 4) is 0 Å². The summed E-state index contributed by atoms with van der Waals surface area (Å²) in [7, 11) is -0.424. The van der Waals surface area contributed by atoms with Gasteiger partial charge in [-0.05, 0) is 24.3 Å². The molecule has 0 aromatic heterocycles. The summed E-state index contributed by atoms with van der Waals surface area (Å²) in [6, 6.07) is 21.4. The van der Waals surface area contributed by atoms with Gasteiger partial charge >= 0.3 is 31.1 Å². The molecule has 0 fully saturated rings. The Hall–Kier alpha value is 0.468. The quantitative estimate of drug-likeness (QED) is 0.359. The standard InChI is InChI=1S/2C8H11P.CH3.BrH.Pt/c2*1-9(2)8-6-4-3-5-7-8;;;/h2*3-7H,1-2H3;1H3;1H;/q;;-1;;+2/p+1. The van der Waals surface area contributed by atoms with Crippen LogP contribution in [0.4, 0.5) is 0 Å². The SMILES string of the molecule is C[PH+](C)c1ccccc1.C[PH+](C)c1ccccc1.[Br][Pt+].[CH3-]. The number of benzene rings is 2. The second-order valence-electron chi connectivity index (χ2n) is 4.73. The molecule has 0 atom stereocenters. The molecule has 0 aliphatic heterocycles. The third kappa shape index (κ3) is 11.7. The molecule has 0 unspecified atom stereocenters. The topological polar surface area (TPSA) is 0 Å². The molecule has 0 nitrogen and oxygen atoms in total. The van der Waals surface area contributed by atoms with E-state index in [0.717, 1.165) is 0 Å². The van der Waals surface area contributed by atoms with Gasteiger partial charge in [-0.1, -0.05) is 36.4 Å². The van der Waals surface area contributed by atoms with Crippen molar-refractivity contribution < 1.29 is 17.8 Å². The van der Waals surface area contributed by atoms with Crippen molar-refractivity contribution in [2.75, 3.05) is 26.7 Å². The predicted molar refractivity (Wildman–Crippen MR) is 108 cm³/mol. The normalized spacial score (nSPS) is 9.00. The Morgan fingerprint density at radius 1 is 0.619 bits per heavy atom. The number of hydrogen-bond acceptors (Lipinski definition) is 0. The molecule has 0 spiro atoms.